The zero-order chi connectivity index (χ0) is 44.6. The molecule has 0 aliphatic rings. The molecule has 0 saturated carbocycles. The third-order valence-electron chi connectivity index (χ3n) is 8.12. The Bertz CT molecular complexity index is 1190. The molecule has 4 N–H and O–H groups in total. The number of rotatable bonds is 44. The Hall–Kier alpha value is -2.93. The van der Waals surface area contributed by atoms with Gasteiger partial charge in [0.15, 0.2) is 5.78 Å². The van der Waals surface area contributed by atoms with Crippen LogP contribution in [0.25, 0.3) is 0 Å². The number of amides is 3. The van der Waals surface area contributed by atoms with Crippen molar-refractivity contribution in [3.63, 3.8) is 0 Å². The molecule has 4 atom stereocenters. The van der Waals surface area contributed by atoms with Crippen molar-refractivity contribution in [2.24, 2.45) is 17.8 Å². The summed E-state index contributed by atoms with van der Waals surface area (Å²) >= 11 is 0. The van der Waals surface area contributed by atoms with Crippen molar-refractivity contribution in [1.29, 1.82) is 0 Å². The van der Waals surface area contributed by atoms with Crippen LogP contribution in [-0.4, -0.2) is 191 Å². The van der Waals surface area contributed by atoms with Crippen LogP contribution in [0.3, 0.4) is 0 Å². The maximum absolute atomic E-state index is 13.4. The van der Waals surface area contributed by atoms with E-state index in [9.17, 15) is 38.7 Å². The normalized spacial score (nSPS) is 13.1. The van der Waals surface area contributed by atoms with Crippen LogP contribution < -0.4 is 16.0 Å². The van der Waals surface area contributed by atoms with Gasteiger partial charge in [0.05, 0.1) is 98.4 Å². The predicted octanol–water partition coefficient (Wildman–Crippen LogP) is 0.322. The zero-order valence-electron chi connectivity index (χ0n) is 35.4. The van der Waals surface area contributed by atoms with Gasteiger partial charge in [-0.25, -0.2) is 0 Å². The Morgan fingerprint density at radius 3 is 1.52 bits per heavy atom. The van der Waals surface area contributed by atoms with Gasteiger partial charge in [-0.15, -0.1) is 0 Å². The van der Waals surface area contributed by atoms with Gasteiger partial charge in [-0.05, 0) is 0 Å². The number of hydrogen-bond donors (Lipinski definition) is 4. The average Bonchev–Trinajstić information content (AvgIpc) is 3.22. The van der Waals surface area contributed by atoms with Crippen LogP contribution in [0.5, 0.6) is 0 Å². The molecule has 0 bridgehead atoms. The Balaban J connectivity index is 4.96. The number of carboxylic acids is 1. The van der Waals surface area contributed by atoms with Crippen LogP contribution in [0.4, 0.5) is 0 Å². The Morgan fingerprint density at radius 1 is 0.583 bits per heavy atom. The molecule has 0 aromatic heterocycles. The fourth-order valence-corrected chi connectivity index (χ4v) is 6.69. The largest absolute Gasteiger partial charge is 0.481 e. The van der Waals surface area contributed by atoms with Gasteiger partial charge in [-0.3, -0.25) is 33.6 Å². The number of carboxylic acid groups (broad SMARTS) is 1. The molecule has 0 saturated heterocycles. The standard InChI is InChI=1S/C38H67N3O17S2/c1-29(23-33(43)30(2)25-39-35(45)5-7-52-13-15-56-19-17-54-11-9-50-3)37(47)41-32(34(44)24-31(38(48)49)27-60-59-22-21-58-28-42)26-40-36(46)6-8-53-14-16-57-20-18-55-12-10-51-4/h28-32H,5-27H2,1-4H3,(H,39,45)(H,40,46)(H,41,47)(H,48,49)/t29-,30+,31?,32+/m1/s1. The number of nitrogens with one attached hydrogen (secondary N) is 3. The molecule has 3 amide bonds. The fourth-order valence-electron chi connectivity index (χ4n) is 4.55. The first kappa shape index (κ1) is 57.1. The molecule has 20 nitrogen and oxygen atoms in total. The summed E-state index contributed by atoms with van der Waals surface area (Å²) in [5.41, 5.74) is 0. The maximum atomic E-state index is 13.4. The Labute approximate surface area is 360 Å². The summed E-state index contributed by atoms with van der Waals surface area (Å²) in [6, 6.07) is -1.29. The van der Waals surface area contributed by atoms with Gasteiger partial charge in [-0.1, -0.05) is 35.4 Å². The fraction of sp³-hybridized carbons (Fsp3) is 0.816. The van der Waals surface area contributed by atoms with E-state index in [1.54, 1.807) is 21.1 Å². The minimum atomic E-state index is -1.29. The number of ether oxygens (including phenoxy) is 9. The van der Waals surface area contributed by atoms with Crippen molar-refractivity contribution >= 4 is 63.3 Å². The van der Waals surface area contributed by atoms with E-state index < -0.39 is 53.8 Å². The van der Waals surface area contributed by atoms with E-state index >= 15 is 0 Å². The lowest BCUT2D eigenvalue weighted by Crippen LogP contribution is -2.50. The van der Waals surface area contributed by atoms with Crippen LogP contribution >= 0.6 is 21.6 Å². The number of methoxy groups -OCH3 is 2. The zero-order valence-corrected chi connectivity index (χ0v) is 37.1. The number of hydrogen-bond acceptors (Lipinski definition) is 18. The van der Waals surface area contributed by atoms with Gasteiger partial charge in [-0.2, -0.15) is 0 Å². The smallest absolute Gasteiger partial charge is 0.307 e. The Kier molecular flexibility index (Phi) is 38.2. The van der Waals surface area contributed by atoms with E-state index in [4.69, 9.17) is 37.9 Å². The molecule has 22 heteroatoms. The van der Waals surface area contributed by atoms with Crippen molar-refractivity contribution in [1.82, 2.24) is 16.0 Å². The molecule has 0 aliphatic carbocycles. The first-order valence-electron chi connectivity index (χ1n) is 19.8. The van der Waals surface area contributed by atoms with Crippen molar-refractivity contribution in [3.05, 3.63) is 0 Å². The Morgan fingerprint density at radius 2 is 1.05 bits per heavy atom. The summed E-state index contributed by atoms with van der Waals surface area (Å²) in [4.78, 5) is 86.9. The summed E-state index contributed by atoms with van der Waals surface area (Å²) in [5.74, 6) is -5.72. The van der Waals surface area contributed by atoms with E-state index in [1.807, 2.05) is 0 Å². The second-order valence-corrected chi connectivity index (χ2v) is 15.7. The van der Waals surface area contributed by atoms with Crippen LogP contribution in [0, 0.1) is 17.8 Å². The number of carbonyl (C=O) groups excluding carboxylic acids is 6. The third-order valence-corrected chi connectivity index (χ3v) is 10.6. The van der Waals surface area contributed by atoms with E-state index in [1.165, 1.54) is 28.5 Å². The molecule has 0 rings (SSSR count). The molecule has 348 valence electrons. The highest BCUT2D eigenvalue weighted by molar-refractivity contribution is 8.76. The number of carbonyl (C=O) groups is 7. The predicted molar refractivity (Wildman–Crippen MR) is 221 cm³/mol. The van der Waals surface area contributed by atoms with Gasteiger partial charge in [0.25, 0.3) is 6.47 Å². The highest BCUT2D eigenvalue weighted by atomic mass is 33.1. The molecule has 0 heterocycles. The lowest BCUT2D eigenvalue weighted by molar-refractivity contribution is -0.143. The summed E-state index contributed by atoms with van der Waals surface area (Å²) in [6.07, 6.45) is -0.611. The summed E-state index contributed by atoms with van der Waals surface area (Å²) in [5, 5.41) is 17.7. The van der Waals surface area contributed by atoms with E-state index in [-0.39, 0.29) is 76.2 Å². The third kappa shape index (κ3) is 33.7. The van der Waals surface area contributed by atoms with Crippen LogP contribution in [0.15, 0.2) is 0 Å². The second-order valence-electron chi connectivity index (χ2n) is 13.1. The summed E-state index contributed by atoms with van der Waals surface area (Å²) < 4.78 is 46.6. The van der Waals surface area contributed by atoms with E-state index in [0.717, 1.165) is 0 Å². The minimum absolute atomic E-state index is 0.0450. The molecule has 0 aliphatic heterocycles. The van der Waals surface area contributed by atoms with Gasteiger partial charge in [0.1, 0.15) is 18.4 Å². The summed E-state index contributed by atoms with van der Waals surface area (Å²) in [7, 11) is 5.64. The number of Topliss-reactive ketones (excluding diaryl/α,β-unsaturated/α-hetero) is 2. The first-order valence-corrected chi connectivity index (χ1v) is 22.3. The van der Waals surface area contributed by atoms with Gasteiger partial charge < -0.3 is 63.7 Å². The van der Waals surface area contributed by atoms with E-state index in [2.05, 4.69) is 20.7 Å². The van der Waals surface area contributed by atoms with Crippen molar-refractivity contribution in [3.8, 4) is 0 Å². The number of ketones is 2. The molecular formula is C38H67N3O17S2. The minimum Gasteiger partial charge on any atom is -0.481 e. The van der Waals surface area contributed by atoms with Crippen LogP contribution in [0.1, 0.15) is 39.5 Å². The van der Waals surface area contributed by atoms with Crippen molar-refractivity contribution in [2.75, 3.05) is 138 Å². The lowest BCUT2D eigenvalue weighted by atomic mass is 9.95. The second kappa shape index (κ2) is 40.2. The molecule has 60 heavy (non-hydrogen) atoms. The quantitative estimate of drug-likeness (QED) is 0.0365. The molecule has 0 fully saturated rings. The highest BCUT2D eigenvalue weighted by Crippen LogP contribution is 2.25. The molecule has 0 spiro atoms. The van der Waals surface area contributed by atoms with Crippen molar-refractivity contribution < 1.29 is 81.3 Å². The topological polar surface area (TPSA) is 259 Å². The molecule has 0 aromatic carbocycles. The maximum Gasteiger partial charge on any atom is 0.307 e. The molecule has 0 radical (unpaired) electrons. The summed E-state index contributed by atoms with van der Waals surface area (Å²) in [6.45, 7) is 8.28. The van der Waals surface area contributed by atoms with Crippen molar-refractivity contribution in [2.45, 2.75) is 45.6 Å². The van der Waals surface area contributed by atoms with Crippen LogP contribution in [-0.2, 0) is 76.2 Å². The first-order chi connectivity index (χ1) is 29.0. The van der Waals surface area contributed by atoms with E-state index in [0.29, 0.717) is 84.9 Å². The lowest BCUT2D eigenvalue weighted by Gasteiger charge is -2.22. The van der Waals surface area contributed by atoms with Gasteiger partial charge in [0, 0.05) is 76.3 Å². The van der Waals surface area contributed by atoms with Gasteiger partial charge >= 0.3 is 5.97 Å². The molecule has 0 aromatic rings. The number of aliphatic carboxylic acids is 1. The average molecular weight is 902 g/mol. The monoisotopic (exact) mass is 901 g/mol. The molecule has 1 unspecified atom stereocenters. The van der Waals surface area contributed by atoms with Gasteiger partial charge in [0.2, 0.25) is 17.7 Å². The van der Waals surface area contributed by atoms with Crippen LogP contribution in [0.2, 0.25) is 0 Å². The molecular weight excluding hydrogens is 835 g/mol. The highest BCUT2D eigenvalue weighted by Gasteiger charge is 2.30. The SMILES string of the molecule is COCCOCCOCCOCCC(=O)NC[C@H](NC(=O)[C@H](C)CC(=O)[C@@H](C)CNC(=O)CCOCCOCCOCCOC)C(=O)CC(CSSCCOC=O)C(=O)O.